The highest BCUT2D eigenvalue weighted by Gasteiger charge is 2.33. The van der Waals surface area contributed by atoms with Crippen LogP contribution in [-0.4, -0.2) is 29.9 Å². The fraction of sp³-hybridized carbons (Fsp3) is 0.286. The Labute approximate surface area is 195 Å². The number of nitrogens with one attached hydrogen (secondary N) is 1. The van der Waals surface area contributed by atoms with Gasteiger partial charge < -0.3 is 15.0 Å². The molecule has 3 aromatic rings. The molecule has 3 aromatic carbocycles. The third-order valence-corrected chi connectivity index (χ3v) is 5.91. The van der Waals surface area contributed by atoms with E-state index in [1.807, 2.05) is 80.3 Å². The third-order valence-electron chi connectivity index (χ3n) is 5.91. The van der Waals surface area contributed by atoms with Crippen molar-refractivity contribution >= 4 is 17.5 Å². The van der Waals surface area contributed by atoms with Crippen molar-refractivity contribution in [3.8, 4) is 5.75 Å². The van der Waals surface area contributed by atoms with Crippen molar-refractivity contribution in [1.82, 2.24) is 4.90 Å². The predicted octanol–water partition coefficient (Wildman–Crippen LogP) is 5.14. The highest BCUT2D eigenvalue weighted by molar-refractivity contribution is 5.91. The average molecular weight is 443 g/mol. The number of benzene rings is 3. The first-order valence-corrected chi connectivity index (χ1v) is 11.4. The number of aryl methyl sites for hydroxylation is 1. The van der Waals surface area contributed by atoms with E-state index in [9.17, 15) is 9.59 Å². The molecule has 0 radical (unpaired) electrons. The highest BCUT2D eigenvalue weighted by atomic mass is 16.5. The number of fused-ring (bicyclic) bond motifs is 1. The molecule has 0 saturated carbocycles. The molecule has 1 aliphatic heterocycles. The van der Waals surface area contributed by atoms with Crippen LogP contribution in [0.3, 0.4) is 0 Å². The Balaban J connectivity index is 1.56. The normalized spacial score (nSPS) is 15.2. The van der Waals surface area contributed by atoms with Crippen LogP contribution in [0.4, 0.5) is 5.69 Å². The monoisotopic (exact) mass is 442 g/mol. The molecular weight excluding hydrogens is 412 g/mol. The number of anilines is 1. The average Bonchev–Trinajstić information content (AvgIpc) is 2.82. The van der Waals surface area contributed by atoms with Gasteiger partial charge >= 0.3 is 0 Å². The molecule has 33 heavy (non-hydrogen) atoms. The van der Waals surface area contributed by atoms with Gasteiger partial charge in [0, 0.05) is 18.2 Å². The number of carbonyl (C=O) groups is 2. The lowest BCUT2D eigenvalue weighted by atomic mass is 9.87. The van der Waals surface area contributed by atoms with E-state index < -0.39 is 0 Å². The number of ether oxygens (including phenoxy) is 1. The molecule has 1 atom stereocenters. The first-order valence-electron chi connectivity index (χ1n) is 11.4. The third kappa shape index (κ3) is 5.25. The fourth-order valence-electron chi connectivity index (χ4n) is 4.32. The summed E-state index contributed by atoms with van der Waals surface area (Å²) in [6, 6.07) is 23.5. The molecular formula is C28H30N2O3. The van der Waals surface area contributed by atoms with Gasteiger partial charge in [0.15, 0.2) is 6.61 Å². The molecule has 1 heterocycles. The molecule has 0 fully saturated rings. The summed E-state index contributed by atoms with van der Waals surface area (Å²) in [5.41, 5.74) is 5.16. The molecule has 1 aliphatic rings. The predicted molar refractivity (Wildman–Crippen MR) is 130 cm³/mol. The zero-order chi connectivity index (χ0) is 23.4. The lowest BCUT2D eigenvalue weighted by Crippen LogP contribution is -2.42. The van der Waals surface area contributed by atoms with Crippen LogP contribution in [0.25, 0.3) is 0 Å². The zero-order valence-corrected chi connectivity index (χ0v) is 19.4. The molecule has 0 saturated heterocycles. The van der Waals surface area contributed by atoms with Crippen molar-refractivity contribution in [2.75, 3.05) is 18.5 Å². The summed E-state index contributed by atoms with van der Waals surface area (Å²) in [4.78, 5) is 27.4. The number of nitrogens with zero attached hydrogens (tertiary/aromatic N) is 1. The van der Waals surface area contributed by atoms with E-state index >= 15 is 0 Å². The van der Waals surface area contributed by atoms with E-state index in [4.69, 9.17) is 4.74 Å². The Morgan fingerprint density at radius 1 is 1.03 bits per heavy atom. The van der Waals surface area contributed by atoms with Crippen molar-refractivity contribution in [2.45, 2.75) is 33.2 Å². The van der Waals surface area contributed by atoms with Crippen molar-refractivity contribution < 1.29 is 14.3 Å². The van der Waals surface area contributed by atoms with Gasteiger partial charge in [0.1, 0.15) is 5.75 Å². The quantitative estimate of drug-likeness (QED) is 0.575. The maximum absolute atomic E-state index is 13.0. The number of hydrogen-bond acceptors (Lipinski definition) is 3. The van der Waals surface area contributed by atoms with Crippen molar-refractivity contribution in [1.29, 1.82) is 0 Å². The minimum atomic E-state index is -0.213. The Hall–Kier alpha value is -3.60. The summed E-state index contributed by atoms with van der Waals surface area (Å²) in [7, 11) is 0. The van der Waals surface area contributed by atoms with Crippen LogP contribution < -0.4 is 10.1 Å². The zero-order valence-electron chi connectivity index (χ0n) is 19.4. The first-order chi connectivity index (χ1) is 15.9. The van der Waals surface area contributed by atoms with Crippen LogP contribution in [0.2, 0.25) is 0 Å². The number of amides is 2. The Kier molecular flexibility index (Phi) is 6.78. The van der Waals surface area contributed by atoms with Gasteiger partial charge in [-0.3, -0.25) is 9.59 Å². The van der Waals surface area contributed by atoms with Gasteiger partial charge in [-0.2, -0.15) is 0 Å². The molecule has 5 heteroatoms. The summed E-state index contributed by atoms with van der Waals surface area (Å²) in [5, 5.41) is 2.87. The summed E-state index contributed by atoms with van der Waals surface area (Å²) >= 11 is 0. The van der Waals surface area contributed by atoms with Crippen molar-refractivity contribution in [3.05, 3.63) is 95.1 Å². The highest BCUT2D eigenvalue weighted by Crippen LogP contribution is 2.37. The van der Waals surface area contributed by atoms with Gasteiger partial charge in [0.05, 0.1) is 6.04 Å². The second-order valence-electron chi connectivity index (χ2n) is 8.82. The summed E-state index contributed by atoms with van der Waals surface area (Å²) in [6.45, 7) is 6.45. The van der Waals surface area contributed by atoms with Crippen molar-refractivity contribution in [2.24, 2.45) is 5.92 Å². The topological polar surface area (TPSA) is 58.6 Å². The van der Waals surface area contributed by atoms with Gasteiger partial charge in [-0.1, -0.05) is 62.4 Å². The molecule has 1 N–H and O–H groups in total. The van der Waals surface area contributed by atoms with E-state index in [1.165, 1.54) is 5.56 Å². The fourth-order valence-corrected chi connectivity index (χ4v) is 4.32. The molecule has 170 valence electrons. The lowest BCUT2D eigenvalue weighted by Gasteiger charge is -2.39. The number of carbonyl (C=O) groups excluding carboxylic acids is 2. The van der Waals surface area contributed by atoms with E-state index in [2.05, 4.69) is 23.5 Å². The van der Waals surface area contributed by atoms with E-state index in [0.717, 1.165) is 28.8 Å². The second kappa shape index (κ2) is 9.90. The van der Waals surface area contributed by atoms with E-state index in [-0.39, 0.29) is 30.4 Å². The maximum Gasteiger partial charge on any atom is 0.262 e. The maximum atomic E-state index is 13.0. The van der Waals surface area contributed by atoms with Crippen LogP contribution in [0.15, 0.2) is 72.8 Å². The van der Waals surface area contributed by atoms with Crippen LogP contribution in [0.5, 0.6) is 5.75 Å². The minimum Gasteiger partial charge on any atom is -0.484 e. The smallest absolute Gasteiger partial charge is 0.262 e. The first kappa shape index (κ1) is 22.6. The molecule has 2 amide bonds. The van der Waals surface area contributed by atoms with Gasteiger partial charge in [-0.15, -0.1) is 0 Å². The number of hydrogen-bond donors (Lipinski definition) is 1. The Morgan fingerprint density at radius 3 is 2.55 bits per heavy atom. The molecule has 5 nitrogen and oxygen atoms in total. The van der Waals surface area contributed by atoms with Crippen LogP contribution in [0.1, 0.15) is 42.1 Å². The van der Waals surface area contributed by atoms with Crippen LogP contribution in [-0.2, 0) is 16.0 Å². The van der Waals surface area contributed by atoms with Crippen LogP contribution in [0, 0.1) is 12.8 Å². The van der Waals surface area contributed by atoms with Gasteiger partial charge in [0.25, 0.3) is 5.91 Å². The van der Waals surface area contributed by atoms with E-state index in [1.54, 1.807) is 0 Å². The summed E-state index contributed by atoms with van der Waals surface area (Å²) < 4.78 is 5.85. The largest absolute Gasteiger partial charge is 0.484 e. The van der Waals surface area contributed by atoms with E-state index in [0.29, 0.717) is 12.3 Å². The SMILES string of the molecule is Cc1cccc(NC(=O)COc2ccc3c(c2)C(c2ccccc2)N(C(=O)C(C)C)CC3)c1. The number of rotatable bonds is 6. The molecule has 0 spiro atoms. The van der Waals surface area contributed by atoms with Crippen LogP contribution >= 0.6 is 0 Å². The Bertz CT molecular complexity index is 1140. The lowest BCUT2D eigenvalue weighted by molar-refractivity contribution is -0.136. The van der Waals surface area contributed by atoms with Gasteiger partial charge in [-0.25, -0.2) is 0 Å². The minimum absolute atomic E-state index is 0.0810. The molecule has 0 aliphatic carbocycles. The van der Waals surface area contributed by atoms with Crippen molar-refractivity contribution in [3.63, 3.8) is 0 Å². The molecule has 1 unspecified atom stereocenters. The molecule has 0 bridgehead atoms. The molecule has 0 aromatic heterocycles. The van der Waals surface area contributed by atoms with Gasteiger partial charge in [0.2, 0.25) is 5.91 Å². The Morgan fingerprint density at radius 2 is 1.82 bits per heavy atom. The standard InChI is InChI=1S/C28H30N2O3/c1-19(2)28(32)30-15-14-21-12-13-24(17-25(21)27(30)22-9-5-4-6-10-22)33-18-26(31)29-23-11-7-8-20(3)16-23/h4-13,16-17,19,27H,14-15,18H2,1-3H3,(H,29,31). The summed E-state index contributed by atoms with van der Waals surface area (Å²) in [5.74, 6) is 0.461. The summed E-state index contributed by atoms with van der Waals surface area (Å²) in [6.07, 6.45) is 0.797. The van der Waals surface area contributed by atoms with Gasteiger partial charge in [-0.05, 0) is 59.9 Å². The molecule has 4 rings (SSSR count). The second-order valence-corrected chi connectivity index (χ2v) is 8.82.